The van der Waals surface area contributed by atoms with E-state index < -0.39 is 11.8 Å². The first-order chi connectivity index (χ1) is 9.10. The van der Waals surface area contributed by atoms with Gasteiger partial charge >= 0.3 is 5.97 Å². The molecule has 0 heterocycles. The van der Waals surface area contributed by atoms with Crippen LogP contribution in [0.3, 0.4) is 0 Å². The summed E-state index contributed by atoms with van der Waals surface area (Å²) in [6.07, 6.45) is 4.24. The van der Waals surface area contributed by atoms with Crippen molar-refractivity contribution in [3.05, 3.63) is 0 Å². The van der Waals surface area contributed by atoms with E-state index in [0.717, 1.165) is 19.3 Å². The molecule has 0 bridgehead atoms. The summed E-state index contributed by atoms with van der Waals surface area (Å²) in [5, 5.41) is 3.77. The lowest BCUT2D eigenvalue weighted by molar-refractivity contribution is -0.136. The summed E-state index contributed by atoms with van der Waals surface area (Å²) in [6.45, 7) is 3.97. The number of ether oxygens (including phenoxy) is 1. The normalized spacial score (nSPS) is 23.8. The fraction of sp³-hybridized carbons (Fsp3) is 0.769. The first-order valence-corrected chi connectivity index (χ1v) is 7.72. The number of rotatable bonds is 6. The molecule has 1 rings (SSSR count). The molecule has 0 saturated heterocycles. The lowest BCUT2D eigenvalue weighted by atomic mass is 9.88. The van der Waals surface area contributed by atoms with Gasteiger partial charge < -0.3 is 9.57 Å². The zero-order valence-electron chi connectivity index (χ0n) is 11.4. The molecule has 1 fully saturated rings. The van der Waals surface area contributed by atoms with Gasteiger partial charge in [0.1, 0.15) is 6.10 Å². The summed E-state index contributed by atoms with van der Waals surface area (Å²) < 4.78 is 4.80. The molecular weight excluding hydrogens is 314 g/mol. The van der Waals surface area contributed by atoms with E-state index in [0.29, 0.717) is 5.92 Å². The van der Waals surface area contributed by atoms with Gasteiger partial charge in [-0.05, 0) is 32.1 Å². The number of esters is 1. The van der Waals surface area contributed by atoms with Gasteiger partial charge in [-0.25, -0.2) is 4.79 Å². The SMILES string of the molecule is CCOC(=O)C(=NO[C@@H]1CCCC[C@H]1C)C(=O)CBr. The van der Waals surface area contributed by atoms with Gasteiger partial charge in [0.15, 0.2) is 0 Å². The van der Waals surface area contributed by atoms with Crippen molar-refractivity contribution in [1.82, 2.24) is 0 Å². The quantitative estimate of drug-likeness (QED) is 0.246. The fourth-order valence-corrected chi connectivity index (χ4v) is 2.29. The Morgan fingerprint density at radius 3 is 2.58 bits per heavy atom. The number of Topliss-reactive ketones (excluding diaryl/α,β-unsaturated/α-hetero) is 1. The van der Waals surface area contributed by atoms with Crippen LogP contribution in [0.15, 0.2) is 5.16 Å². The molecule has 0 aromatic heterocycles. The number of ketones is 1. The van der Waals surface area contributed by atoms with Gasteiger partial charge in [0, 0.05) is 0 Å². The minimum atomic E-state index is -0.726. The van der Waals surface area contributed by atoms with Gasteiger partial charge in [-0.1, -0.05) is 34.4 Å². The summed E-state index contributed by atoms with van der Waals surface area (Å²) in [7, 11) is 0. The van der Waals surface area contributed by atoms with Crippen LogP contribution in [0.25, 0.3) is 0 Å². The van der Waals surface area contributed by atoms with E-state index in [1.54, 1.807) is 6.92 Å². The Kier molecular flexibility index (Phi) is 7.05. The van der Waals surface area contributed by atoms with E-state index in [9.17, 15) is 9.59 Å². The third kappa shape index (κ3) is 4.93. The Labute approximate surface area is 121 Å². The van der Waals surface area contributed by atoms with Crippen LogP contribution in [0.4, 0.5) is 0 Å². The molecule has 1 aliphatic carbocycles. The van der Waals surface area contributed by atoms with Gasteiger partial charge in [-0.2, -0.15) is 0 Å². The van der Waals surface area contributed by atoms with E-state index in [1.165, 1.54) is 6.42 Å². The number of hydrogen-bond donors (Lipinski definition) is 0. The predicted molar refractivity (Wildman–Crippen MR) is 75.4 cm³/mol. The number of carbonyl (C=O) groups excluding carboxylic acids is 2. The molecule has 0 unspecified atom stereocenters. The van der Waals surface area contributed by atoms with Crippen LogP contribution >= 0.6 is 15.9 Å². The van der Waals surface area contributed by atoms with Crippen molar-refractivity contribution in [2.24, 2.45) is 11.1 Å². The standard InChI is InChI=1S/C13H20BrNO4/c1-3-18-13(17)12(10(16)8-14)15-19-11-7-5-4-6-9(11)2/h9,11H,3-8H2,1-2H3/t9-,11-/m1/s1. The zero-order valence-corrected chi connectivity index (χ0v) is 12.9. The molecule has 1 saturated carbocycles. The zero-order chi connectivity index (χ0) is 14.3. The molecular formula is C13H20BrNO4. The maximum absolute atomic E-state index is 11.6. The summed E-state index contributed by atoms with van der Waals surface area (Å²) in [6, 6.07) is 0. The van der Waals surface area contributed by atoms with Crippen molar-refractivity contribution in [1.29, 1.82) is 0 Å². The molecule has 0 radical (unpaired) electrons. The summed E-state index contributed by atoms with van der Waals surface area (Å²) in [4.78, 5) is 28.6. The van der Waals surface area contributed by atoms with Crippen LogP contribution in [0.1, 0.15) is 39.5 Å². The molecule has 2 atom stereocenters. The topological polar surface area (TPSA) is 65.0 Å². The Bertz CT molecular complexity index is 357. The fourth-order valence-electron chi connectivity index (χ4n) is 2.02. The first kappa shape index (κ1) is 16.1. The molecule has 0 amide bonds. The van der Waals surface area contributed by atoms with Crippen LogP contribution in [-0.4, -0.2) is 35.5 Å². The van der Waals surface area contributed by atoms with Crippen LogP contribution in [0.2, 0.25) is 0 Å². The predicted octanol–water partition coefficient (Wildman–Crippen LogP) is 2.46. The Balaban J connectivity index is 2.70. The van der Waals surface area contributed by atoms with Gasteiger partial charge in [0.2, 0.25) is 11.5 Å². The Morgan fingerprint density at radius 2 is 2.00 bits per heavy atom. The summed E-state index contributed by atoms with van der Waals surface area (Å²) in [5.41, 5.74) is -0.267. The van der Waals surface area contributed by atoms with Crippen LogP contribution in [-0.2, 0) is 19.2 Å². The minimum Gasteiger partial charge on any atom is -0.461 e. The lowest BCUT2D eigenvalue weighted by Gasteiger charge is -2.26. The summed E-state index contributed by atoms with van der Waals surface area (Å²) in [5.74, 6) is -0.766. The average molecular weight is 334 g/mol. The molecule has 6 heteroatoms. The number of oxime groups is 1. The molecule has 0 spiro atoms. The van der Waals surface area contributed by atoms with Gasteiger partial charge in [-0.3, -0.25) is 4.79 Å². The molecule has 0 aromatic carbocycles. The highest BCUT2D eigenvalue weighted by molar-refractivity contribution is 9.09. The van der Waals surface area contributed by atoms with Gasteiger partial charge in [0.25, 0.3) is 0 Å². The third-order valence-electron chi connectivity index (χ3n) is 3.17. The number of halogens is 1. The smallest absolute Gasteiger partial charge is 0.364 e. The molecule has 19 heavy (non-hydrogen) atoms. The molecule has 108 valence electrons. The highest BCUT2D eigenvalue weighted by atomic mass is 79.9. The third-order valence-corrected chi connectivity index (χ3v) is 3.68. The number of nitrogens with zero attached hydrogens (tertiary/aromatic N) is 1. The van der Waals surface area contributed by atoms with E-state index in [-0.39, 0.29) is 23.8 Å². The monoisotopic (exact) mass is 333 g/mol. The maximum Gasteiger partial charge on any atom is 0.364 e. The molecule has 1 aliphatic rings. The molecule has 0 aliphatic heterocycles. The van der Waals surface area contributed by atoms with Crippen molar-refractivity contribution in [3.63, 3.8) is 0 Å². The largest absolute Gasteiger partial charge is 0.461 e. The van der Waals surface area contributed by atoms with E-state index >= 15 is 0 Å². The highest BCUT2D eigenvalue weighted by Gasteiger charge is 2.26. The maximum atomic E-state index is 11.6. The lowest BCUT2D eigenvalue weighted by Crippen LogP contribution is -2.30. The van der Waals surface area contributed by atoms with E-state index in [2.05, 4.69) is 28.0 Å². The van der Waals surface area contributed by atoms with Crippen LogP contribution < -0.4 is 0 Å². The van der Waals surface area contributed by atoms with Gasteiger partial charge in [0.05, 0.1) is 11.9 Å². The number of hydrogen-bond acceptors (Lipinski definition) is 5. The summed E-state index contributed by atoms with van der Waals surface area (Å²) >= 11 is 3.02. The van der Waals surface area contributed by atoms with Crippen molar-refractivity contribution in [2.75, 3.05) is 11.9 Å². The highest BCUT2D eigenvalue weighted by Crippen LogP contribution is 2.26. The number of carbonyl (C=O) groups is 2. The Morgan fingerprint density at radius 1 is 1.32 bits per heavy atom. The van der Waals surface area contributed by atoms with Crippen molar-refractivity contribution in [2.45, 2.75) is 45.6 Å². The molecule has 5 nitrogen and oxygen atoms in total. The first-order valence-electron chi connectivity index (χ1n) is 6.60. The molecule has 0 aromatic rings. The second-order valence-electron chi connectivity index (χ2n) is 4.62. The minimum absolute atomic E-state index is 0.0221. The van der Waals surface area contributed by atoms with Crippen molar-refractivity contribution in [3.8, 4) is 0 Å². The number of alkyl halides is 1. The van der Waals surface area contributed by atoms with Crippen molar-refractivity contribution < 1.29 is 19.2 Å². The molecule has 0 N–H and O–H groups in total. The van der Waals surface area contributed by atoms with Crippen molar-refractivity contribution >= 4 is 33.4 Å². The van der Waals surface area contributed by atoms with Crippen LogP contribution in [0.5, 0.6) is 0 Å². The van der Waals surface area contributed by atoms with Gasteiger partial charge in [-0.15, -0.1) is 0 Å². The van der Waals surface area contributed by atoms with Crippen LogP contribution in [0, 0.1) is 5.92 Å². The second kappa shape index (κ2) is 8.30. The second-order valence-corrected chi connectivity index (χ2v) is 5.18. The Hall–Kier alpha value is -0.910. The average Bonchev–Trinajstić information content (AvgIpc) is 2.41. The van der Waals surface area contributed by atoms with E-state index in [4.69, 9.17) is 9.57 Å². The van der Waals surface area contributed by atoms with E-state index in [1.807, 2.05) is 0 Å².